The van der Waals surface area contributed by atoms with Crippen molar-refractivity contribution in [1.82, 2.24) is 4.98 Å². The molecule has 0 fully saturated rings. The van der Waals surface area contributed by atoms with E-state index in [-0.39, 0.29) is 17.7 Å². The largest absolute Gasteiger partial charge is 0.484 e. The van der Waals surface area contributed by atoms with Crippen molar-refractivity contribution in [2.45, 2.75) is 0 Å². The van der Waals surface area contributed by atoms with E-state index in [2.05, 4.69) is 10.3 Å². The summed E-state index contributed by atoms with van der Waals surface area (Å²) >= 11 is 5.90. The monoisotopic (exact) mass is 354 g/mol. The summed E-state index contributed by atoms with van der Waals surface area (Å²) in [6, 6.07) is 19.9. The molecule has 1 amide bonds. The first-order chi connectivity index (χ1) is 12.2. The minimum atomic E-state index is -0.329. The van der Waals surface area contributed by atoms with E-state index in [1.54, 1.807) is 36.5 Å². The van der Waals surface area contributed by atoms with E-state index in [4.69, 9.17) is 21.1 Å². The Morgan fingerprint density at radius 3 is 2.52 bits per heavy atom. The summed E-state index contributed by atoms with van der Waals surface area (Å²) in [5.41, 5.74) is 0.443. The zero-order valence-electron chi connectivity index (χ0n) is 13.2. The number of rotatable bonds is 6. The highest BCUT2D eigenvalue weighted by Crippen LogP contribution is 2.25. The van der Waals surface area contributed by atoms with Crippen LogP contribution in [0.15, 0.2) is 72.9 Å². The average molecular weight is 355 g/mol. The Bertz CT molecular complexity index is 856. The maximum atomic E-state index is 12.0. The number of para-hydroxylation sites is 1. The maximum absolute atomic E-state index is 12.0. The van der Waals surface area contributed by atoms with Crippen LogP contribution in [0, 0.1) is 0 Å². The van der Waals surface area contributed by atoms with E-state index in [9.17, 15) is 4.79 Å². The second-order valence-electron chi connectivity index (χ2n) is 5.07. The van der Waals surface area contributed by atoms with E-state index in [0.717, 1.165) is 5.75 Å². The summed E-state index contributed by atoms with van der Waals surface area (Å²) in [5.74, 6) is 1.55. The van der Waals surface area contributed by atoms with Gasteiger partial charge in [0.1, 0.15) is 17.2 Å². The fourth-order valence-electron chi connectivity index (χ4n) is 2.07. The van der Waals surface area contributed by atoms with Gasteiger partial charge in [-0.05, 0) is 36.4 Å². The number of nitrogens with one attached hydrogen (secondary N) is 1. The van der Waals surface area contributed by atoms with Gasteiger partial charge in [0.15, 0.2) is 11.8 Å². The number of carbonyl (C=O) groups is 1. The van der Waals surface area contributed by atoms with Crippen LogP contribution in [-0.2, 0) is 4.79 Å². The number of anilines is 1. The molecule has 2 aromatic carbocycles. The molecule has 5 nitrogen and oxygen atoms in total. The second-order valence-corrected chi connectivity index (χ2v) is 5.43. The van der Waals surface area contributed by atoms with Crippen LogP contribution in [0.25, 0.3) is 0 Å². The lowest BCUT2D eigenvalue weighted by atomic mass is 10.3. The van der Waals surface area contributed by atoms with E-state index in [1.165, 1.54) is 0 Å². The first-order valence-corrected chi connectivity index (χ1v) is 7.94. The number of hydrogen-bond donors (Lipinski definition) is 1. The Morgan fingerprint density at radius 2 is 1.72 bits per heavy atom. The number of ether oxygens (including phenoxy) is 2. The molecule has 0 radical (unpaired) electrons. The molecule has 126 valence electrons. The summed E-state index contributed by atoms with van der Waals surface area (Å²) in [5, 5.41) is 2.88. The topological polar surface area (TPSA) is 60.5 Å². The number of aromatic nitrogens is 1. The van der Waals surface area contributed by atoms with E-state index in [1.807, 2.05) is 36.4 Å². The number of halogens is 1. The fourth-order valence-corrected chi connectivity index (χ4v) is 2.23. The van der Waals surface area contributed by atoms with Crippen LogP contribution in [0.1, 0.15) is 0 Å². The molecule has 1 heterocycles. The Hall–Kier alpha value is -3.05. The van der Waals surface area contributed by atoms with Crippen molar-refractivity contribution in [3.8, 4) is 17.2 Å². The van der Waals surface area contributed by atoms with Crippen LogP contribution in [0.3, 0.4) is 0 Å². The maximum Gasteiger partial charge on any atom is 0.262 e. The molecule has 0 aliphatic heterocycles. The van der Waals surface area contributed by atoms with Gasteiger partial charge in [-0.25, -0.2) is 4.98 Å². The molecule has 0 bridgehead atoms. The Morgan fingerprint density at radius 1 is 0.960 bits per heavy atom. The molecule has 0 saturated carbocycles. The number of benzene rings is 2. The van der Waals surface area contributed by atoms with Gasteiger partial charge < -0.3 is 14.8 Å². The van der Waals surface area contributed by atoms with E-state index >= 15 is 0 Å². The molecule has 0 unspecified atom stereocenters. The van der Waals surface area contributed by atoms with Gasteiger partial charge in [-0.15, -0.1) is 0 Å². The predicted molar refractivity (Wildman–Crippen MR) is 96.3 cm³/mol. The van der Waals surface area contributed by atoms with Gasteiger partial charge in [-0.3, -0.25) is 4.79 Å². The van der Waals surface area contributed by atoms with Gasteiger partial charge in [0.05, 0.1) is 5.69 Å². The SMILES string of the molecule is O=C(COc1cccc(Oc2ccccc2)c1)Nc1cccnc1Cl. The van der Waals surface area contributed by atoms with Crippen molar-refractivity contribution in [2.24, 2.45) is 0 Å². The van der Waals surface area contributed by atoms with E-state index in [0.29, 0.717) is 17.2 Å². The van der Waals surface area contributed by atoms with Crippen molar-refractivity contribution in [3.63, 3.8) is 0 Å². The molecule has 3 aromatic rings. The van der Waals surface area contributed by atoms with Gasteiger partial charge in [-0.1, -0.05) is 35.9 Å². The van der Waals surface area contributed by atoms with Gasteiger partial charge in [0, 0.05) is 12.3 Å². The third-order valence-corrected chi connectivity index (χ3v) is 3.49. The van der Waals surface area contributed by atoms with Crippen LogP contribution in [-0.4, -0.2) is 17.5 Å². The lowest BCUT2D eigenvalue weighted by molar-refractivity contribution is -0.118. The van der Waals surface area contributed by atoms with Gasteiger partial charge >= 0.3 is 0 Å². The van der Waals surface area contributed by atoms with Crippen LogP contribution < -0.4 is 14.8 Å². The fraction of sp³-hybridized carbons (Fsp3) is 0.0526. The van der Waals surface area contributed by atoms with Crippen molar-refractivity contribution >= 4 is 23.2 Å². The highest BCUT2D eigenvalue weighted by Gasteiger charge is 2.07. The van der Waals surface area contributed by atoms with Gasteiger partial charge in [-0.2, -0.15) is 0 Å². The summed E-state index contributed by atoms with van der Waals surface area (Å²) in [7, 11) is 0. The molecule has 3 rings (SSSR count). The molecule has 6 heteroatoms. The zero-order chi connectivity index (χ0) is 17.5. The lowest BCUT2D eigenvalue weighted by Gasteiger charge is -2.10. The average Bonchev–Trinajstić information content (AvgIpc) is 2.63. The Kier molecular flexibility index (Phi) is 5.49. The number of carbonyl (C=O) groups excluding carboxylic acids is 1. The molecule has 0 aliphatic carbocycles. The van der Waals surface area contributed by atoms with Gasteiger partial charge in [0.25, 0.3) is 5.91 Å². The van der Waals surface area contributed by atoms with Crippen LogP contribution in [0.5, 0.6) is 17.2 Å². The first-order valence-electron chi connectivity index (χ1n) is 7.57. The molecule has 1 N–H and O–H groups in total. The zero-order valence-corrected chi connectivity index (χ0v) is 13.9. The standard InChI is InChI=1S/C19H15ClN2O3/c20-19-17(10-5-11-21-19)22-18(23)13-24-15-8-4-9-16(12-15)25-14-6-2-1-3-7-14/h1-12H,13H2,(H,22,23). The lowest BCUT2D eigenvalue weighted by Crippen LogP contribution is -2.20. The number of amides is 1. The molecule has 0 atom stereocenters. The molecule has 1 aromatic heterocycles. The van der Waals surface area contributed by atoms with Crippen molar-refractivity contribution < 1.29 is 14.3 Å². The molecule has 0 aliphatic rings. The Balaban J connectivity index is 1.57. The van der Waals surface area contributed by atoms with Crippen molar-refractivity contribution in [1.29, 1.82) is 0 Å². The number of pyridine rings is 1. The summed E-state index contributed by atoms with van der Waals surface area (Å²) < 4.78 is 11.2. The van der Waals surface area contributed by atoms with Crippen LogP contribution in [0.2, 0.25) is 5.15 Å². The normalized spacial score (nSPS) is 10.1. The highest BCUT2D eigenvalue weighted by molar-refractivity contribution is 6.32. The predicted octanol–water partition coefficient (Wildman–Crippen LogP) is 4.54. The Labute approximate surface area is 150 Å². The molecule has 25 heavy (non-hydrogen) atoms. The smallest absolute Gasteiger partial charge is 0.262 e. The van der Waals surface area contributed by atoms with Crippen LogP contribution >= 0.6 is 11.6 Å². The molecule has 0 saturated heterocycles. The van der Waals surface area contributed by atoms with Gasteiger partial charge in [0.2, 0.25) is 0 Å². The summed E-state index contributed by atoms with van der Waals surface area (Å²) in [6.07, 6.45) is 1.55. The summed E-state index contributed by atoms with van der Waals surface area (Å²) in [6.45, 7) is -0.153. The molecular weight excluding hydrogens is 340 g/mol. The molecule has 0 spiro atoms. The minimum Gasteiger partial charge on any atom is -0.484 e. The first kappa shape index (κ1) is 16.8. The summed E-state index contributed by atoms with van der Waals surface area (Å²) in [4.78, 5) is 15.9. The third-order valence-electron chi connectivity index (χ3n) is 3.19. The number of hydrogen-bond acceptors (Lipinski definition) is 4. The number of nitrogens with zero attached hydrogens (tertiary/aromatic N) is 1. The van der Waals surface area contributed by atoms with E-state index < -0.39 is 0 Å². The van der Waals surface area contributed by atoms with Crippen LogP contribution in [0.4, 0.5) is 5.69 Å². The highest BCUT2D eigenvalue weighted by atomic mass is 35.5. The quantitative estimate of drug-likeness (QED) is 0.660. The van der Waals surface area contributed by atoms with Crippen molar-refractivity contribution in [3.05, 3.63) is 78.1 Å². The third kappa shape index (κ3) is 4.96. The van der Waals surface area contributed by atoms with Crippen molar-refractivity contribution in [2.75, 3.05) is 11.9 Å². The minimum absolute atomic E-state index is 0.153. The molecular formula is C19H15ClN2O3. The second kappa shape index (κ2) is 8.17.